The number of likely N-dealkylation sites (tertiary alicyclic amines) is 2. The fourth-order valence-corrected chi connectivity index (χ4v) is 3.75. The van der Waals surface area contributed by atoms with E-state index in [1.54, 1.807) is 0 Å². The van der Waals surface area contributed by atoms with Crippen molar-refractivity contribution in [2.24, 2.45) is 5.92 Å². The molecule has 4 heteroatoms. The van der Waals surface area contributed by atoms with Gasteiger partial charge in [0.2, 0.25) is 0 Å². The first-order chi connectivity index (χ1) is 11.2. The van der Waals surface area contributed by atoms with Crippen molar-refractivity contribution in [1.82, 2.24) is 15.1 Å². The lowest BCUT2D eigenvalue weighted by molar-refractivity contribution is 0.135. The molecule has 2 saturated heterocycles. The molecule has 2 fully saturated rings. The third kappa shape index (κ3) is 4.47. The van der Waals surface area contributed by atoms with Crippen molar-refractivity contribution in [2.75, 3.05) is 26.2 Å². The number of amides is 2. The smallest absolute Gasteiger partial charge is 0.317 e. The molecule has 2 amide bonds. The molecule has 2 aliphatic heterocycles. The van der Waals surface area contributed by atoms with E-state index < -0.39 is 0 Å². The van der Waals surface area contributed by atoms with Crippen LogP contribution >= 0.6 is 0 Å². The fraction of sp³-hybridized carbons (Fsp3) is 0.632. The van der Waals surface area contributed by atoms with Crippen LogP contribution in [0.25, 0.3) is 0 Å². The Labute approximate surface area is 139 Å². The zero-order valence-corrected chi connectivity index (χ0v) is 14.2. The Bertz CT molecular complexity index is 505. The summed E-state index contributed by atoms with van der Waals surface area (Å²) in [4.78, 5) is 16.8. The van der Waals surface area contributed by atoms with Gasteiger partial charge in [-0.25, -0.2) is 4.79 Å². The van der Waals surface area contributed by atoms with Crippen LogP contribution in [0.3, 0.4) is 0 Å². The molecule has 0 aromatic heterocycles. The number of piperidine rings is 1. The molecular formula is C19H29N3O. The minimum atomic E-state index is 0.125. The molecule has 0 bridgehead atoms. The van der Waals surface area contributed by atoms with Gasteiger partial charge in [0, 0.05) is 32.2 Å². The zero-order chi connectivity index (χ0) is 16.1. The van der Waals surface area contributed by atoms with Gasteiger partial charge in [-0.15, -0.1) is 0 Å². The van der Waals surface area contributed by atoms with Crippen LogP contribution in [0.1, 0.15) is 38.2 Å². The normalized spacial score (nSPS) is 25.5. The van der Waals surface area contributed by atoms with Crippen molar-refractivity contribution < 1.29 is 4.79 Å². The predicted molar refractivity (Wildman–Crippen MR) is 93.2 cm³/mol. The van der Waals surface area contributed by atoms with Crippen molar-refractivity contribution in [2.45, 2.75) is 45.2 Å². The maximum Gasteiger partial charge on any atom is 0.317 e. The Morgan fingerprint density at radius 2 is 2.00 bits per heavy atom. The summed E-state index contributed by atoms with van der Waals surface area (Å²) < 4.78 is 0. The predicted octanol–water partition coefficient (Wildman–Crippen LogP) is 3.09. The Morgan fingerprint density at radius 3 is 2.74 bits per heavy atom. The minimum absolute atomic E-state index is 0.125. The summed E-state index contributed by atoms with van der Waals surface area (Å²) in [6.07, 6.45) is 4.86. The van der Waals surface area contributed by atoms with Crippen LogP contribution in [0, 0.1) is 5.92 Å². The summed E-state index contributed by atoms with van der Waals surface area (Å²) in [5.41, 5.74) is 1.36. The minimum Gasteiger partial charge on any atom is -0.336 e. The number of urea groups is 1. The van der Waals surface area contributed by atoms with E-state index in [9.17, 15) is 4.79 Å². The van der Waals surface area contributed by atoms with Crippen LogP contribution in [-0.2, 0) is 6.54 Å². The van der Waals surface area contributed by atoms with E-state index >= 15 is 0 Å². The van der Waals surface area contributed by atoms with Gasteiger partial charge in [0.25, 0.3) is 0 Å². The highest BCUT2D eigenvalue weighted by Gasteiger charge is 2.26. The van der Waals surface area contributed by atoms with E-state index in [1.807, 2.05) is 4.90 Å². The molecule has 0 saturated carbocycles. The van der Waals surface area contributed by atoms with Gasteiger partial charge in [-0.2, -0.15) is 0 Å². The number of nitrogens with one attached hydrogen (secondary N) is 1. The quantitative estimate of drug-likeness (QED) is 0.927. The second-order valence-electron chi connectivity index (χ2n) is 7.13. The van der Waals surface area contributed by atoms with Crippen LogP contribution < -0.4 is 5.32 Å². The van der Waals surface area contributed by atoms with Crippen molar-refractivity contribution in [1.29, 1.82) is 0 Å². The molecule has 2 aliphatic rings. The fourth-order valence-electron chi connectivity index (χ4n) is 3.75. The molecule has 2 heterocycles. The number of carbonyl (C=O) groups excluding carboxylic acids is 1. The van der Waals surface area contributed by atoms with E-state index in [0.29, 0.717) is 12.0 Å². The van der Waals surface area contributed by atoms with E-state index in [4.69, 9.17) is 0 Å². The lowest BCUT2D eigenvalue weighted by Gasteiger charge is -2.36. The number of nitrogens with zero attached hydrogens (tertiary/aromatic N) is 2. The van der Waals surface area contributed by atoms with Crippen molar-refractivity contribution in [3.05, 3.63) is 35.9 Å². The average molecular weight is 315 g/mol. The number of hydrogen-bond acceptors (Lipinski definition) is 2. The molecular weight excluding hydrogens is 286 g/mol. The standard InChI is InChI=1S/C19H29N3O/c1-16-10-12-22(14-16)19(23)20-13-18-9-5-6-11-21(18)15-17-7-3-2-4-8-17/h2-4,7-8,16,18H,5-6,9-15H2,1H3,(H,20,23). The zero-order valence-electron chi connectivity index (χ0n) is 14.2. The van der Waals surface area contributed by atoms with E-state index in [1.165, 1.54) is 24.8 Å². The number of benzene rings is 1. The van der Waals surface area contributed by atoms with Gasteiger partial charge in [0.15, 0.2) is 0 Å². The summed E-state index contributed by atoms with van der Waals surface area (Å²) in [7, 11) is 0. The highest BCUT2D eigenvalue weighted by molar-refractivity contribution is 5.74. The van der Waals surface area contributed by atoms with Gasteiger partial charge in [-0.05, 0) is 37.3 Å². The van der Waals surface area contributed by atoms with Gasteiger partial charge in [-0.3, -0.25) is 4.90 Å². The van der Waals surface area contributed by atoms with Gasteiger partial charge in [-0.1, -0.05) is 43.7 Å². The number of rotatable bonds is 4. The van der Waals surface area contributed by atoms with Gasteiger partial charge in [0.05, 0.1) is 0 Å². The van der Waals surface area contributed by atoms with Crippen LogP contribution in [0.5, 0.6) is 0 Å². The second-order valence-corrected chi connectivity index (χ2v) is 7.13. The first-order valence-corrected chi connectivity index (χ1v) is 9.03. The molecule has 4 nitrogen and oxygen atoms in total. The van der Waals surface area contributed by atoms with E-state index in [0.717, 1.165) is 39.1 Å². The highest BCUT2D eigenvalue weighted by atomic mass is 16.2. The van der Waals surface area contributed by atoms with Gasteiger partial charge in [0.1, 0.15) is 0 Å². The monoisotopic (exact) mass is 315 g/mol. The molecule has 2 atom stereocenters. The molecule has 2 unspecified atom stereocenters. The Hall–Kier alpha value is -1.55. The summed E-state index contributed by atoms with van der Waals surface area (Å²) in [6, 6.07) is 11.2. The summed E-state index contributed by atoms with van der Waals surface area (Å²) in [5, 5.41) is 3.18. The average Bonchev–Trinajstić information content (AvgIpc) is 3.01. The topological polar surface area (TPSA) is 35.6 Å². The third-order valence-corrected chi connectivity index (χ3v) is 5.18. The third-order valence-electron chi connectivity index (χ3n) is 5.18. The molecule has 0 spiro atoms. The molecule has 3 rings (SSSR count). The first kappa shape index (κ1) is 16.3. The molecule has 23 heavy (non-hydrogen) atoms. The first-order valence-electron chi connectivity index (χ1n) is 9.03. The summed E-state index contributed by atoms with van der Waals surface area (Å²) in [6.45, 7) is 6.93. The molecule has 0 radical (unpaired) electrons. The van der Waals surface area contributed by atoms with Gasteiger partial charge < -0.3 is 10.2 Å². The Morgan fingerprint density at radius 1 is 1.17 bits per heavy atom. The summed E-state index contributed by atoms with van der Waals surface area (Å²) in [5.74, 6) is 0.644. The lowest BCUT2D eigenvalue weighted by atomic mass is 10.0. The highest BCUT2D eigenvalue weighted by Crippen LogP contribution is 2.20. The molecule has 1 aromatic carbocycles. The molecule has 126 valence electrons. The molecule has 1 aromatic rings. The summed E-state index contributed by atoms with van der Waals surface area (Å²) >= 11 is 0. The largest absolute Gasteiger partial charge is 0.336 e. The van der Waals surface area contributed by atoms with Crippen LogP contribution in [0.15, 0.2) is 30.3 Å². The van der Waals surface area contributed by atoms with Gasteiger partial charge >= 0.3 is 6.03 Å². The maximum absolute atomic E-state index is 12.3. The van der Waals surface area contributed by atoms with Crippen LogP contribution in [0.2, 0.25) is 0 Å². The van der Waals surface area contributed by atoms with E-state index in [2.05, 4.69) is 47.5 Å². The number of carbonyl (C=O) groups is 1. The van der Waals surface area contributed by atoms with Crippen LogP contribution in [0.4, 0.5) is 4.79 Å². The molecule has 0 aliphatic carbocycles. The lowest BCUT2D eigenvalue weighted by Crippen LogP contribution is -2.48. The second kappa shape index (κ2) is 7.82. The van der Waals surface area contributed by atoms with Crippen LogP contribution in [-0.4, -0.2) is 48.1 Å². The van der Waals surface area contributed by atoms with Crippen molar-refractivity contribution in [3.63, 3.8) is 0 Å². The molecule has 1 N–H and O–H groups in total. The van der Waals surface area contributed by atoms with Crippen molar-refractivity contribution in [3.8, 4) is 0 Å². The Balaban J connectivity index is 1.51. The van der Waals surface area contributed by atoms with E-state index in [-0.39, 0.29) is 6.03 Å². The SMILES string of the molecule is CC1CCN(C(=O)NCC2CCCCN2Cc2ccccc2)C1. The maximum atomic E-state index is 12.3. The number of hydrogen-bond donors (Lipinski definition) is 1. The van der Waals surface area contributed by atoms with Crippen molar-refractivity contribution >= 4 is 6.03 Å². The Kier molecular flexibility index (Phi) is 5.55.